The van der Waals surface area contributed by atoms with Crippen LogP contribution in [-0.4, -0.2) is 11.9 Å². The SMILES string of the molecule is C=C1C(=CC=CC)C(=C2CCC2)C=CN1C. The first-order chi connectivity index (χ1) is 7.74. The molecule has 84 valence electrons. The van der Waals surface area contributed by atoms with E-state index in [4.69, 9.17) is 0 Å². The number of rotatable bonds is 1. The molecular formula is C15H19N. The van der Waals surface area contributed by atoms with Gasteiger partial charge < -0.3 is 4.90 Å². The van der Waals surface area contributed by atoms with E-state index in [1.54, 1.807) is 5.57 Å². The molecule has 0 N–H and O–H groups in total. The van der Waals surface area contributed by atoms with Gasteiger partial charge in [-0.05, 0) is 37.8 Å². The second-order valence-corrected chi connectivity index (χ2v) is 4.35. The highest BCUT2D eigenvalue weighted by molar-refractivity contribution is 5.57. The second kappa shape index (κ2) is 4.56. The molecule has 0 radical (unpaired) electrons. The van der Waals surface area contributed by atoms with Crippen LogP contribution in [-0.2, 0) is 0 Å². The van der Waals surface area contributed by atoms with Crippen LogP contribution in [0.25, 0.3) is 0 Å². The van der Waals surface area contributed by atoms with E-state index in [1.807, 2.05) is 14.0 Å². The molecule has 1 heterocycles. The van der Waals surface area contributed by atoms with Crippen molar-refractivity contribution in [2.24, 2.45) is 0 Å². The number of allylic oxidation sites excluding steroid dienone is 6. The molecule has 0 aromatic carbocycles. The Balaban J connectivity index is 2.42. The molecule has 0 bridgehead atoms. The molecule has 1 fully saturated rings. The van der Waals surface area contributed by atoms with Crippen LogP contribution in [0.1, 0.15) is 26.2 Å². The van der Waals surface area contributed by atoms with Crippen molar-refractivity contribution in [3.8, 4) is 0 Å². The van der Waals surface area contributed by atoms with E-state index in [9.17, 15) is 0 Å². The molecule has 0 amide bonds. The smallest absolute Gasteiger partial charge is 0.0410 e. The molecule has 1 heteroatoms. The van der Waals surface area contributed by atoms with Crippen molar-refractivity contribution in [3.05, 3.63) is 59.5 Å². The lowest BCUT2D eigenvalue weighted by atomic mass is 9.83. The molecule has 2 rings (SSSR count). The van der Waals surface area contributed by atoms with Gasteiger partial charge in [0.2, 0.25) is 0 Å². The first-order valence-electron chi connectivity index (χ1n) is 5.89. The van der Waals surface area contributed by atoms with Gasteiger partial charge >= 0.3 is 0 Å². The van der Waals surface area contributed by atoms with Crippen molar-refractivity contribution >= 4 is 0 Å². The highest BCUT2D eigenvalue weighted by atomic mass is 15.1. The summed E-state index contributed by atoms with van der Waals surface area (Å²) in [5.74, 6) is 0. The molecule has 1 aliphatic heterocycles. The maximum Gasteiger partial charge on any atom is 0.0410 e. The monoisotopic (exact) mass is 213 g/mol. The van der Waals surface area contributed by atoms with E-state index in [1.165, 1.54) is 30.4 Å². The number of likely N-dealkylation sites (N-methyl/N-ethyl adjacent to an activating group) is 1. The molecule has 0 atom stereocenters. The third kappa shape index (κ3) is 1.90. The standard InChI is InChI=1S/C15H19N/c1-4-5-9-14-12(2)16(3)11-10-15(14)13-7-6-8-13/h4-5,9-11H,2,6-8H2,1,3H3. The molecule has 0 aromatic rings. The lowest BCUT2D eigenvalue weighted by molar-refractivity contribution is 0.569. The molecule has 16 heavy (non-hydrogen) atoms. The Kier molecular flexibility index (Phi) is 3.14. The van der Waals surface area contributed by atoms with Crippen LogP contribution in [0.3, 0.4) is 0 Å². The van der Waals surface area contributed by atoms with Gasteiger partial charge in [-0.3, -0.25) is 0 Å². The summed E-state index contributed by atoms with van der Waals surface area (Å²) in [7, 11) is 2.05. The van der Waals surface area contributed by atoms with E-state index >= 15 is 0 Å². The third-order valence-electron chi connectivity index (χ3n) is 3.28. The molecule has 1 aliphatic carbocycles. The van der Waals surface area contributed by atoms with Crippen LogP contribution < -0.4 is 0 Å². The highest BCUT2D eigenvalue weighted by Gasteiger charge is 2.20. The highest BCUT2D eigenvalue weighted by Crippen LogP contribution is 2.37. The molecule has 2 aliphatic rings. The van der Waals surface area contributed by atoms with E-state index in [0.29, 0.717) is 0 Å². The van der Waals surface area contributed by atoms with Crippen molar-refractivity contribution < 1.29 is 0 Å². The van der Waals surface area contributed by atoms with E-state index in [-0.39, 0.29) is 0 Å². The summed E-state index contributed by atoms with van der Waals surface area (Å²) in [4.78, 5) is 2.08. The molecule has 0 unspecified atom stereocenters. The van der Waals surface area contributed by atoms with Gasteiger partial charge in [0.25, 0.3) is 0 Å². The predicted octanol–water partition coefficient (Wildman–Crippen LogP) is 3.94. The Morgan fingerprint density at radius 1 is 1.38 bits per heavy atom. The zero-order valence-electron chi connectivity index (χ0n) is 10.2. The summed E-state index contributed by atoms with van der Waals surface area (Å²) >= 11 is 0. The molecule has 1 nitrogen and oxygen atoms in total. The summed E-state index contributed by atoms with van der Waals surface area (Å²) in [6.07, 6.45) is 14.5. The van der Waals surface area contributed by atoms with Gasteiger partial charge in [-0.2, -0.15) is 0 Å². The summed E-state index contributed by atoms with van der Waals surface area (Å²) < 4.78 is 0. The normalized spacial score (nSPS) is 23.5. The fourth-order valence-electron chi connectivity index (χ4n) is 2.02. The minimum atomic E-state index is 1.09. The predicted molar refractivity (Wildman–Crippen MR) is 69.8 cm³/mol. The Hall–Kier alpha value is -1.50. The summed E-state index contributed by atoms with van der Waals surface area (Å²) in [6, 6.07) is 0. The van der Waals surface area contributed by atoms with E-state index in [0.717, 1.165) is 5.70 Å². The lowest BCUT2D eigenvalue weighted by Crippen LogP contribution is -2.18. The molecular weight excluding hydrogens is 194 g/mol. The van der Waals surface area contributed by atoms with Crippen molar-refractivity contribution in [3.63, 3.8) is 0 Å². The van der Waals surface area contributed by atoms with E-state index < -0.39 is 0 Å². The van der Waals surface area contributed by atoms with Crippen LogP contribution in [0, 0.1) is 0 Å². The zero-order valence-corrected chi connectivity index (χ0v) is 10.2. The van der Waals surface area contributed by atoms with Gasteiger partial charge in [0.15, 0.2) is 0 Å². The van der Waals surface area contributed by atoms with Crippen LogP contribution in [0.2, 0.25) is 0 Å². The Bertz CT molecular complexity index is 413. The van der Waals surface area contributed by atoms with Crippen molar-refractivity contribution in [2.45, 2.75) is 26.2 Å². The van der Waals surface area contributed by atoms with Gasteiger partial charge in [0, 0.05) is 24.5 Å². The van der Waals surface area contributed by atoms with Gasteiger partial charge in [0.05, 0.1) is 0 Å². The summed E-state index contributed by atoms with van der Waals surface area (Å²) in [5.41, 5.74) is 5.35. The number of hydrogen-bond acceptors (Lipinski definition) is 1. The largest absolute Gasteiger partial charge is 0.351 e. The minimum Gasteiger partial charge on any atom is -0.351 e. The number of nitrogens with zero attached hydrogens (tertiary/aromatic N) is 1. The Morgan fingerprint density at radius 3 is 2.69 bits per heavy atom. The summed E-state index contributed by atoms with van der Waals surface area (Å²) in [5, 5.41) is 0. The van der Waals surface area contributed by atoms with Gasteiger partial charge in [0.1, 0.15) is 0 Å². The maximum absolute atomic E-state index is 4.16. The topological polar surface area (TPSA) is 3.24 Å². The minimum absolute atomic E-state index is 1.09. The van der Waals surface area contributed by atoms with Gasteiger partial charge in [-0.1, -0.05) is 30.4 Å². The van der Waals surface area contributed by atoms with Crippen LogP contribution in [0.5, 0.6) is 0 Å². The number of hydrogen-bond donors (Lipinski definition) is 0. The lowest BCUT2D eigenvalue weighted by Gasteiger charge is -2.30. The first kappa shape index (κ1) is 11.0. The Morgan fingerprint density at radius 2 is 2.12 bits per heavy atom. The van der Waals surface area contributed by atoms with Crippen LogP contribution in [0.15, 0.2) is 59.5 Å². The van der Waals surface area contributed by atoms with Crippen molar-refractivity contribution in [1.82, 2.24) is 4.90 Å². The van der Waals surface area contributed by atoms with Crippen LogP contribution in [0.4, 0.5) is 0 Å². The zero-order chi connectivity index (χ0) is 11.5. The Labute approximate surface area is 98.1 Å². The summed E-state index contributed by atoms with van der Waals surface area (Å²) in [6.45, 7) is 6.20. The fourth-order valence-corrected chi connectivity index (χ4v) is 2.02. The van der Waals surface area contributed by atoms with E-state index in [2.05, 4.69) is 42.0 Å². The average Bonchev–Trinajstić information content (AvgIpc) is 2.20. The quantitative estimate of drug-likeness (QED) is 0.637. The third-order valence-corrected chi connectivity index (χ3v) is 3.28. The molecule has 1 saturated carbocycles. The fraction of sp³-hybridized carbons (Fsp3) is 0.333. The molecule has 0 saturated heterocycles. The second-order valence-electron chi connectivity index (χ2n) is 4.35. The van der Waals surface area contributed by atoms with Crippen molar-refractivity contribution in [2.75, 3.05) is 7.05 Å². The average molecular weight is 213 g/mol. The molecule has 0 spiro atoms. The van der Waals surface area contributed by atoms with Crippen molar-refractivity contribution in [1.29, 1.82) is 0 Å². The maximum atomic E-state index is 4.16. The van der Waals surface area contributed by atoms with Gasteiger partial charge in [-0.15, -0.1) is 0 Å². The first-order valence-corrected chi connectivity index (χ1v) is 5.89. The molecule has 0 aromatic heterocycles. The van der Waals surface area contributed by atoms with Gasteiger partial charge in [-0.25, -0.2) is 0 Å². The van der Waals surface area contributed by atoms with Crippen LogP contribution >= 0.6 is 0 Å².